The summed E-state index contributed by atoms with van der Waals surface area (Å²) in [5.41, 5.74) is 2.74. The number of thiazole rings is 1. The third-order valence-electron chi connectivity index (χ3n) is 4.99. The van der Waals surface area contributed by atoms with E-state index >= 15 is 0 Å². The molecule has 132 valence electrons. The van der Waals surface area contributed by atoms with E-state index < -0.39 is 0 Å². The Bertz CT molecular complexity index is 743. The van der Waals surface area contributed by atoms with Crippen molar-refractivity contribution in [1.29, 1.82) is 0 Å². The molecule has 2 aliphatic heterocycles. The van der Waals surface area contributed by atoms with Gasteiger partial charge in [-0.1, -0.05) is 29.8 Å². The molecular formula is C19H23N3O2S. The van der Waals surface area contributed by atoms with Gasteiger partial charge in [-0.2, -0.15) is 0 Å². The number of aryl methyl sites for hydroxylation is 1. The van der Waals surface area contributed by atoms with Crippen molar-refractivity contribution in [2.75, 3.05) is 26.2 Å². The quantitative estimate of drug-likeness (QED) is 0.914. The van der Waals surface area contributed by atoms with Crippen molar-refractivity contribution in [2.45, 2.75) is 31.9 Å². The van der Waals surface area contributed by atoms with Crippen LogP contribution >= 0.6 is 11.3 Å². The largest absolute Gasteiger partial charge is 0.373 e. The van der Waals surface area contributed by atoms with Crippen molar-refractivity contribution < 1.29 is 9.53 Å². The first kappa shape index (κ1) is 16.7. The third kappa shape index (κ3) is 3.76. The maximum absolute atomic E-state index is 12.4. The number of aromatic nitrogens is 1. The highest BCUT2D eigenvalue weighted by molar-refractivity contribution is 7.13. The summed E-state index contributed by atoms with van der Waals surface area (Å²) in [5, 5.41) is 5.67. The summed E-state index contributed by atoms with van der Waals surface area (Å²) in [4.78, 5) is 19.3. The molecule has 0 aliphatic carbocycles. The van der Waals surface area contributed by atoms with Gasteiger partial charge < -0.3 is 10.1 Å². The minimum absolute atomic E-state index is 0.0773. The van der Waals surface area contributed by atoms with E-state index in [9.17, 15) is 4.79 Å². The van der Waals surface area contributed by atoms with Crippen molar-refractivity contribution in [2.24, 2.45) is 0 Å². The average molecular weight is 357 g/mol. The Kier molecular flexibility index (Phi) is 4.83. The number of nitrogens with zero attached hydrogens (tertiary/aromatic N) is 2. The molecule has 2 saturated heterocycles. The molecule has 1 N–H and O–H groups in total. The topological polar surface area (TPSA) is 54.5 Å². The molecule has 0 radical (unpaired) electrons. The Morgan fingerprint density at radius 2 is 2.24 bits per heavy atom. The predicted molar refractivity (Wildman–Crippen MR) is 99.0 cm³/mol. The first-order valence-electron chi connectivity index (χ1n) is 8.85. The first-order valence-corrected chi connectivity index (χ1v) is 9.73. The van der Waals surface area contributed by atoms with Crippen LogP contribution in [0.4, 0.5) is 0 Å². The van der Waals surface area contributed by atoms with Crippen molar-refractivity contribution in [3.63, 3.8) is 0 Å². The molecule has 1 amide bonds. The number of hydrogen-bond donors (Lipinski definition) is 1. The molecule has 6 heteroatoms. The minimum Gasteiger partial charge on any atom is -0.373 e. The van der Waals surface area contributed by atoms with Gasteiger partial charge in [0.25, 0.3) is 5.91 Å². The van der Waals surface area contributed by atoms with E-state index in [0.717, 1.165) is 30.3 Å². The standard InChI is InChI=1S/C19H23N3O2S/c1-13-4-6-14(7-5-13)19-21-17(12-25-19)18(23)20-9-16-10-22-8-2-3-15(22)11-24-16/h4-7,12,15-16H,2-3,8-11H2,1H3,(H,20,23)/t15-,16+/m0/s1. The van der Waals surface area contributed by atoms with Crippen molar-refractivity contribution >= 4 is 17.2 Å². The number of nitrogens with one attached hydrogen (secondary N) is 1. The van der Waals surface area contributed by atoms with Crippen LogP contribution in [0.3, 0.4) is 0 Å². The monoisotopic (exact) mass is 357 g/mol. The smallest absolute Gasteiger partial charge is 0.270 e. The molecule has 1 aromatic heterocycles. The van der Waals surface area contributed by atoms with Crippen LogP contribution in [0.15, 0.2) is 29.6 Å². The number of benzene rings is 1. The van der Waals surface area contributed by atoms with Gasteiger partial charge in [0.05, 0.1) is 12.7 Å². The summed E-state index contributed by atoms with van der Waals surface area (Å²) in [6.45, 7) is 5.46. The second-order valence-corrected chi connectivity index (χ2v) is 7.72. The molecule has 1 aromatic carbocycles. The van der Waals surface area contributed by atoms with Crippen LogP contribution < -0.4 is 5.32 Å². The molecule has 2 atom stereocenters. The fraction of sp³-hybridized carbons (Fsp3) is 0.474. The zero-order valence-electron chi connectivity index (χ0n) is 14.4. The van der Waals surface area contributed by atoms with E-state index in [2.05, 4.69) is 34.3 Å². The van der Waals surface area contributed by atoms with Gasteiger partial charge >= 0.3 is 0 Å². The summed E-state index contributed by atoms with van der Waals surface area (Å²) in [6.07, 6.45) is 2.57. The molecule has 2 fully saturated rings. The van der Waals surface area contributed by atoms with Crippen molar-refractivity contribution in [3.05, 3.63) is 40.9 Å². The lowest BCUT2D eigenvalue weighted by atomic mass is 10.2. The lowest BCUT2D eigenvalue weighted by Crippen LogP contribution is -2.50. The van der Waals surface area contributed by atoms with Gasteiger partial charge in [0.2, 0.25) is 0 Å². The van der Waals surface area contributed by atoms with Crippen LogP contribution in [-0.4, -0.2) is 54.2 Å². The van der Waals surface area contributed by atoms with E-state index in [0.29, 0.717) is 18.3 Å². The Balaban J connectivity index is 1.33. The molecule has 3 heterocycles. The van der Waals surface area contributed by atoms with Gasteiger partial charge in [0, 0.05) is 30.1 Å². The van der Waals surface area contributed by atoms with Gasteiger partial charge in [-0.3, -0.25) is 9.69 Å². The normalized spacial score (nSPS) is 23.4. The molecular weight excluding hydrogens is 334 g/mol. The number of rotatable bonds is 4. The summed E-state index contributed by atoms with van der Waals surface area (Å²) in [5.74, 6) is -0.123. The lowest BCUT2D eigenvalue weighted by Gasteiger charge is -2.35. The van der Waals surface area contributed by atoms with Crippen LogP contribution in [-0.2, 0) is 4.74 Å². The highest BCUT2D eigenvalue weighted by Crippen LogP contribution is 2.24. The third-order valence-corrected chi connectivity index (χ3v) is 5.88. The van der Waals surface area contributed by atoms with E-state index in [-0.39, 0.29) is 12.0 Å². The van der Waals surface area contributed by atoms with Crippen LogP contribution in [0.1, 0.15) is 28.9 Å². The number of carbonyl (C=O) groups excluding carboxylic acids is 1. The fourth-order valence-corrected chi connectivity index (χ4v) is 4.32. The Morgan fingerprint density at radius 3 is 3.08 bits per heavy atom. The Hall–Kier alpha value is -1.76. The van der Waals surface area contributed by atoms with Crippen LogP contribution in [0.2, 0.25) is 0 Å². The molecule has 5 nitrogen and oxygen atoms in total. The van der Waals surface area contributed by atoms with E-state index in [4.69, 9.17) is 4.74 Å². The van der Waals surface area contributed by atoms with Gasteiger partial charge in [-0.25, -0.2) is 4.98 Å². The average Bonchev–Trinajstić information content (AvgIpc) is 3.29. The van der Waals surface area contributed by atoms with Gasteiger partial charge in [0.15, 0.2) is 0 Å². The van der Waals surface area contributed by atoms with E-state index in [1.165, 1.54) is 29.7 Å². The zero-order valence-corrected chi connectivity index (χ0v) is 15.2. The van der Waals surface area contributed by atoms with Crippen LogP contribution in [0, 0.1) is 6.92 Å². The number of ether oxygens (including phenoxy) is 1. The molecule has 2 aliphatic rings. The van der Waals surface area contributed by atoms with E-state index in [1.54, 1.807) is 0 Å². The molecule has 25 heavy (non-hydrogen) atoms. The molecule has 0 unspecified atom stereocenters. The van der Waals surface area contributed by atoms with Crippen molar-refractivity contribution in [1.82, 2.24) is 15.2 Å². The fourth-order valence-electron chi connectivity index (χ4n) is 3.51. The van der Waals surface area contributed by atoms with Gasteiger partial charge in [0.1, 0.15) is 10.7 Å². The highest BCUT2D eigenvalue weighted by atomic mass is 32.1. The number of fused-ring (bicyclic) bond motifs is 1. The molecule has 0 saturated carbocycles. The summed E-state index contributed by atoms with van der Waals surface area (Å²) >= 11 is 1.50. The first-order chi connectivity index (χ1) is 12.2. The Morgan fingerprint density at radius 1 is 1.40 bits per heavy atom. The molecule has 0 bridgehead atoms. The van der Waals surface area contributed by atoms with Gasteiger partial charge in [-0.05, 0) is 26.3 Å². The zero-order chi connectivity index (χ0) is 17.2. The second kappa shape index (κ2) is 7.23. The lowest BCUT2D eigenvalue weighted by molar-refractivity contribution is -0.0462. The number of hydrogen-bond acceptors (Lipinski definition) is 5. The SMILES string of the molecule is Cc1ccc(-c2nc(C(=O)NC[C@@H]3CN4CCC[C@H]4CO3)cs2)cc1. The number of carbonyl (C=O) groups is 1. The molecule has 0 spiro atoms. The second-order valence-electron chi connectivity index (χ2n) is 6.86. The van der Waals surface area contributed by atoms with Crippen LogP contribution in [0.5, 0.6) is 0 Å². The maximum Gasteiger partial charge on any atom is 0.270 e. The summed E-state index contributed by atoms with van der Waals surface area (Å²) < 4.78 is 5.89. The number of amides is 1. The predicted octanol–water partition coefficient (Wildman–Crippen LogP) is 2.71. The highest BCUT2D eigenvalue weighted by Gasteiger charge is 2.32. The Labute approximate surface area is 152 Å². The molecule has 4 rings (SSSR count). The molecule has 2 aromatic rings. The van der Waals surface area contributed by atoms with Gasteiger partial charge in [-0.15, -0.1) is 11.3 Å². The van der Waals surface area contributed by atoms with E-state index in [1.807, 2.05) is 17.5 Å². The summed E-state index contributed by atoms with van der Waals surface area (Å²) in [7, 11) is 0. The minimum atomic E-state index is -0.123. The maximum atomic E-state index is 12.4. The van der Waals surface area contributed by atoms with Crippen molar-refractivity contribution in [3.8, 4) is 10.6 Å². The van der Waals surface area contributed by atoms with Crippen LogP contribution in [0.25, 0.3) is 10.6 Å². The number of morpholine rings is 1. The summed E-state index contributed by atoms with van der Waals surface area (Å²) in [6, 6.07) is 8.78.